The van der Waals surface area contributed by atoms with E-state index in [1.54, 1.807) is 25.6 Å². The van der Waals surface area contributed by atoms with Gasteiger partial charge in [-0.3, -0.25) is 4.98 Å². The highest BCUT2D eigenvalue weighted by molar-refractivity contribution is 5.42. The number of nitrogens with one attached hydrogen (secondary N) is 1. The molecule has 0 fully saturated rings. The number of benzene rings is 1. The maximum atomic E-state index is 9.62. The standard InChI is InChI=1S/C16H20N2O2/c1-11(13-6-8-17-9-7-13)18-12(2)14-4-5-15(19)16(10-14)20-3/h4-12,18-19H,1-3H3/t11-,12?/m1/s1. The molecule has 0 spiro atoms. The molecule has 0 aliphatic heterocycles. The summed E-state index contributed by atoms with van der Waals surface area (Å²) < 4.78 is 5.14. The van der Waals surface area contributed by atoms with Gasteiger partial charge in [0.15, 0.2) is 11.5 Å². The lowest BCUT2D eigenvalue weighted by atomic mass is 10.0. The zero-order valence-corrected chi connectivity index (χ0v) is 12.0. The summed E-state index contributed by atoms with van der Waals surface area (Å²) in [5.41, 5.74) is 2.26. The van der Waals surface area contributed by atoms with Gasteiger partial charge in [-0.2, -0.15) is 0 Å². The van der Waals surface area contributed by atoms with Gasteiger partial charge in [-0.25, -0.2) is 0 Å². The van der Waals surface area contributed by atoms with Gasteiger partial charge in [-0.15, -0.1) is 0 Å². The van der Waals surface area contributed by atoms with E-state index in [1.165, 1.54) is 5.56 Å². The van der Waals surface area contributed by atoms with E-state index in [9.17, 15) is 5.11 Å². The van der Waals surface area contributed by atoms with Crippen LogP contribution in [0.1, 0.15) is 37.1 Å². The molecule has 1 heterocycles. The van der Waals surface area contributed by atoms with Gasteiger partial charge in [-0.05, 0) is 49.2 Å². The number of ether oxygens (including phenoxy) is 1. The summed E-state index contributed by atoms with van der Waals surface area (Å²) in [5, 5.41) is 13.1. The molecule has 0 aliphatic rings. The van der Waals surface area contributed by atoms with Crippen LogP contribution in [0.25, 0.3) is 0 Å². The minimum absolute atomic E-state index is 0.146. The summed E-state index contributed by atoms with van der Waals surface area (Å²) in [6.45, 7) is 4.20. The molecule has 1 aromatic heterocycles. The topological polar surface area (TPSA) is 54.4 Å². The summed E-state index contributed by atoms with van der Waals surface area (Å²) in [6, 6.07) is 9.77. The second kappa shape index (κ2) is 6.39. The highest BCUT2D eigenvalue weighted by Crippen LogP contribution is 2.29. The molecule has 2 aromatic rings. The van der Waals surface area contributed by atoms with E-state index in [1.807, 2.05) is 24.3 Å². The first kappa shape index (κ1) is 14.3. The molecule has 2 atom stereocenters. The van der Waals surface area contributed by atoms with Crippen LogP contribution in [0.2, 0.25) is 0 Å². The van der Waals surface area contributed by atoms with E-state index >= 15 is 0 Å². The second-order valence-corrected chi connectivity index (χ2v) is 4.82. The van der Waals surface area contributed by atoms with Gasteiger partial charge in [0.2, 0.25) is 0 Å². The molecule has 0 saturated carbocycles. The predicted molar refractivity (Wildman–Crippen MR) is 78.9 cm³/mol. The van der Waals surface area contributed by atoms with Gasteiger partial charge in [-0.1, -0.05) is 6.07 Å². The molecule has 106 valence electrons. The zero-order valence-electron chi connectivity index (χ0n) is 12.0. The Labute approximate surface area is 119 Å². The first-order valence-electron chi connectivity index (χ1n) is 6.64. The Bertz CT molecular complexity index is 558. The van der Waals surface area contributed by atoms with Crippen LogP contribution in [0.15, 0.2) is 42.7 Å². The van der Waals surface area contributed by atoms with E-state index in [-0.39, 0.29) is 17.8 Å². The molecule has 4 heteroatoms. The van der Waals surface area contributed by atoms with Crippen LogP contribution in [0, 0.1) is 0 Å². The highest BCUT2D eigenvalue weighted by Gasteiger charge is 2.13. The Balaban J connectivity index is 2.10. The Hall–Kier alpha value is -2.07. The summed E-state index contributed by atoms with van der Waals surface area (Å²) in [7, 11) is 1.55. The van der Waals surface area contributed by atoms with Crippen molar-refractivity contribution in [3.8, 4) is 11.5 Å². The fourth-order valence-electron chi connectivity index (χ4n) is 2.18. The molecule has 2 rings (SSSR count). The summed E-state index contributed by atoms with van der Waals surface area (Å²) >= 11 is 0. The maximum Gasteiger partial charge on any atom is 0.160 e. The van der Waals surface area contributed by atoms with E-state index < -0.39 is 0 Å². The SMILES string of the molecule is COc1cc(C(C)N[C@H](C)c2ccncc2)ccc1O. The molecular weight excluding hydrogens is 252 g/mol. The van der Waals surface area contributed by atoms with Crippen molar-refractivity contribution in [3.63, 3.8) is 0 Å². The molecule has 0 bridgehead atoms. The smallest absolute Gasteiger partial charge is 0.160 e. The van der Waals surface area contributed by atoms with Crippen LogP contribution in [0.3, 0.4) is 0 Å². The number of phenols is 1. The third-order valence-electron chi connectivity index (χ3n) is 3.41. The third kappa shape index (κ3) is 3.27. The van der Waals surface area contributed by atoms with Gasteiger partial charge in [0.25, 0.3) is 0 Å². The molecular formula is C16H20N2O2. The first-order chi connectivity index (χ1) is 9.61. The second-order valence-electron chi connectivity index (χ2n) is 4.82. The van der Waals surface area contributed by atoms with Gasteiger partial charge in [0.05, 0.1) is 7.11 Å². The number of rotatable bonds is 5. The van der Waals surface area contributed by atoms with Gasteiger partial charge in [0, 0.05) is 24.5 Å². The molecule has 0 aliphatic carbocycles. The Morgan fingerprint density at radius 2 is 1.70 bits per heavy atom. The first-order valence-corrected chi connectivity index (χ1v) is 6.64. The third-order valence-corrected chi connectivity index (χ3v) is 3.41. The number of aromatic hydroxyl groups is 1. The average molecular weight is 272 g/mol. The predicted octanol–water partition coefficient (Wildman–Crippen LogP) is 3.21. The Morgan fingerprint density at radius 1 is 1.05 bits per heavy atom. The van der Waals surface area contributed by atoms with Crippen molar-refractivity contribution in [1.82, 2.24) is 10.3 Å². The van der Waals surface area contributed by atoms with Crippen LogP contribution in [0.4, 0.5) is 0 Å². The van der Waals surface area contributed by atoms with Crippen LogP contribution in [0.5, 0.6) is 11.5 Å². The van der Waals surface area contributed by atoms with E-state index in [4.69, 9.17) is 4.74 Å². The van der Waals surface area contributed by atoms with E-state index in [2.05, 4.69) is 24.1 Å². The number of pyridine rings is 1. The zero-order chi connectivity index (χ0) is 14.5. The molecule has 20 heavy (non-hydrogen) atoms. The van der Waals surface area contributed by atoms with Crippen molar-refractivity contribution in [2.24, 2.45) is 0 Å². The van der Waals surface area contributed by atoms with Crippen molar-refractivity contribution < 1.29 is 9.84 Å². The summed E-state index contributed by atoms with van der Waals surface area (Å²) in [5.74, 6) is 0.651. The lowest BCUT2D eigenvalue weighted by Gasteiger charge is -2.21. The molecule has 0 saturated heterocycles. The average Bonchev–Trinajstić information content (AvgIpc) is 2.48. The minimum Gasteiger partial charge on any atom is -0.504 e. The molecule has 1 aromatic carbocycles. The number of methoxy groups -OCH3 is 1. The fourth-order valence-corrected chi connectivity index (χ4v) is 2.18. The highest BCUT2D eigenvalue weighted by atomic mass is 16.5. The monoisotopic (exact) mass is 272 g/mol. The Morgan fingerprint density at radius 3 is 2.35 bits per heavy atom. The van der Waals surface area contributed by atoms with E-state index in [0.717, 1.165) is 5.56 Å². The largest absolute Gasteiger partial charge is 0.504 e. The summed E-state index contributed by atoms with van der Waals surface area (Å²) in [6.07, 6.45) is 3.59. The van der Waals surface area contributed by atoms with Crippen LogP contribution in [-0.2, 0) is 0 Å². The normalized spacial score (nSPS) is 13.8. The number of aromatic nitrogens is 1. The van der Waals surface area contributed by atoms with Crippen molar-refractivity contribution in [2.75, 3.05) is 7.11 Å². The van der Waals surface area contributed by atoms with Crippen molar-refractivity contribution >= 4 is 0 Å². The minimum atomic E-state index is 0.146. The molecule has 2 N–H and O–H groups in total. The lowest BCUT2D eigenvalue weighted by Crippen LogP contribution is -2.22. The van der Waals surface area contributed by atoms with Gasteiger partial charge in [0.1, 0.15) is 0 Å². The van der Waals surface area contributed by atoms with Gasteiger partial charge >= 0.3 is 0 Å². The van der Waals surface area contributed by atoms with E-state index in [0.29, 0.717) is 5.75 Å². The fraction of sp³-hybridized carbons (Fsp3) is 0.312. The molecule has 0 radical (unpaired) electrons. The van der Waals surface area contributed by atoms with Crippen LogP contribution >= 0.6 is 0 Å². The van der Waals surface area contributed by atoms with Crippen LogP contribution in [-0.4, -0.2) is 17.2 Å². The number of nitrogens with zero attached hydrogens (tertiary/aromatic N) is 1. The number of hydrogen-bond donors (Lipinski definition) is 2. The van der Waals surface area contributed by atoms with Crippen molar-refractivity contribution in [1.29, 1.82) is 0 Å². The lowest BCUT2D eigenvalue weighted by molar-refractivity contribution is 0.371. The number of hydrogen-bond acceptors (Lipinski definition) is 4. The molecule has 0 amide bonds. The van der Waals surface area contributed by atoms with Crippen molar-refractivity contribution in [2.45, 2.75) is 25.9 Å². The quantitative estimate of drug-likeness (QED) is 0.877. The van der Waals surface area contributed by atoms with Crippen LogP contribution < -0.4 is 10.1 Å². The summed E-state index contributed by atoms with van der Waals surface area (Å²) in [4.78, 5) is 4.03. The number of phenolic OH excluding ortho intramolecular Hbond substituents is 1. The van der Waals surface area contributed by atoms with Crippen molar-refractivity contribution in [3.05, 3.63) is 53.9 Å². The molecule has 1 unspecified atom stereocenters. The Kier molecular flexibility index (Phi) is 4.58. The maximum absolute atomic E-state index is 9.62. The van der Waals surface area contributed by atoms with Gasteiger partial charge < -0.3 is 15.2 Å². The molecule has 4 nitrogen and oxygen atoms in total.